The zero-order chi connectivity index (χ0) is 25.1. The van der Waals surface area contributed by atoms with E-state index in [2.05, 4.69) is 20.9 Å². The van der Waals surface area contributed by atoms with Crippen LogP contribution >= 0.6 is 0 Å². The van der Waals surface area contributed by atoms with Crippen molar-refractivity contribution in [2.75, 3.05) is 25.5 Å². The zero-order valence-corrected chi connectivity index (χ0v) is 20.1. The van der Waals surface area contributed by atoms with Crippen LogP contribution in [0.4, 0.5) is 14.5 Å². The first-order valence-corrected chi connectivity index (χ1v) is 12.1. The van der Waals surface area contributed by atoms with E-state index < -0.39 is 11.6 Å². The number of benzene rings is 3. The van der Waals surface area contributed by atoms with E-state index in [0.717, 1.165) is 53.3 Å². The Morgan fingerprint density at radius 1 is 1.08 bits per heavy atom. The average Bonchev–Trinajstić information content (AvgIpc) is 3.23. The molecule has 0 unspecified atom stereocenters. The van der Waals surface area contributed by atoms with Crippen molar-refractivity contribution >= 4 is 22.6 Å². The second-order valence-corrected chi connectivity index (χ2v) is 9.14. The fourth-order valence-electron chi connectivity index (χ4n) is 4.77. The van der Waals surface area contributed by atoms with Crippen LogP contribution in [-0.2, 0) is 17.9 Å². The lowest BCUT2D eigenvalue weighted by Crippen LogP contribution is -2.40. The molecular formula is C28H28F2N4O2. The number of piperidine rings is 1. The molecule has 4 aromatic rings. The van der Waals surface area contributed by atoms with E-state index in [1.807, 2.05) is 42.5 Å². The first kappa shape index (κ1) is 23.9. The van der Waals surface area contributed by atoms with E-state index in [4.69, 9.17) is 9.72 Å². The van der Waals surface area contributed by atoms with Gasteiger partial charge in [0.05, 0.1) is 36.3 Å². The molecule has 5 rings (SSSR count). The number of para-hydroxylation sites is 2. The van der Waals surface area contributed by atoms with Crippen molar-refractivity contribution in [2.24, 2.45) is 5.92 Å². The van der Waals surface area contributed by atoms with Gasteiger partial charge in [0, 0.05) is 19.2 Å². The number of ether oxygens (including phenoxy) is 1. The molecule has 186 valence electrons. The highest BCUT2D eigenvalue weighted by atomic mass is 19.1. The van der Waals surface area contributed by atoms with Crippen molar-refractivity contribution in [2.45, 2.75) is 25.9 Å². The molecule has 1 aliphatic heterocycles. The minimum atomic E-state index is -0.775. The summed E-state index contributed by atoms with van der Waals surface area (Å²) in [5.41, 5.74) is 3.12. The largest absolute Gasteiger partial charge is 0.497 e. The van der Waals surface area contributed by atoms with Gasteiger partial charge in [-0.1, -0.05) is 24.3 Å². The van der Waals surface area contributed by atoms with E-state index in [1.165, 1.54) is 6.07 Å². The summed E-state index contributed by atoms with van der Waals surface area (Å²) in [6.07, 6.45) is 1.57. The van der Waals surface area contributed by atoms with Crippen LogP contribution in [0.3, 0.4) is 0 Å². The van der Waals surface area contributed by atoms with Crippen molar-refractivity contribution < 1.29 is 18.3 Å². The van der Waals surface area contributed by atoms with E-state index in [9.17, 15) is 13.6 Å². The standard InChI is InChI=1S/C28H28F2N4O2/c1-36-22-11-8-19(9-12-22)16-34-26-7-3-2-6-25(26)31-27(34)18-33-14-4-5-20(17-33)28(35)32-24-13-10-21(29)15-23(24)30/h2-3,6-13,15,20H,4-5,14,16-18H2,1H3,(H,32,35)/t20-/m1/s1. The van der Waals surface area contributed by atoms with Gasteiger partial charge in [-0.05, 0) is 61.3 Å². The topological polar surface area (TPSA) is 59.4 Å². The minimum absolute atomic E-state index is 0.000178. The molecule has 1 aromatic heterocycles. The minimum Gasteiger partial charge on any atom is -0.497 e. The van der Waals surface area contributed by atoms with Crippen LogP contribution in [0.25, 0.3) is 11.0 Å². The molecule has 0 spiro atoms. The van der Waals surface area contributed by atoms with Crippen molar-refractivity contribution in [3.8, 4) is 5.75 Å². The number of aromatic nitrogens is 2. The summed E-state index contributed by atoms with van der Waals surface area (Å²) in [7, 11) is 1.65. The predicted octanol–water partition coefficient (Wildman–Crippen LogP) is 5.22. The average molecular weight is 491 g/mol. The van der Waals surface area contributed by atoms with E-state index >= 15 is 0 Å². The van der Waals surface area contributed by atoms with Crippen LogP contribution < -0.4 is 10.1 Å². The molecule has 0 saturated carbocycles. The Bertz CT molecular complexity index is 1370. The summed E-state index contributed by atoms with van der Waals surface area (Å²) < 4.78 is 34.7. The van der Waals surface area contributed by atoms with E-state index in [0.29, 0.717) is 26.1 Å². The SMILES string of the molecule is COc1ccc(Cn2c(CN3CCC[C@@H](C(=O)Nc4ccc(F)cc4F)C3)nc3ccccc32)cc1. The molecule has 0 aliphatic carbocycles. The quantitative estimate of drug-likeness (QED) is 0.386. The highest BCUT2D eigenvalue weighted by Gasteiger charge is 2.27. The van der Waals surface area contributed by atoms with Crippen molar-refractivity contribution in [3.63, 3.8) is 0 Å². The number of imidazole rings is 1. The van der Waals surface area contributed by atoms with Gasteiger partial charge in [0.1, 0.15) is 23.2 Å². The number of methoxy groups -OCH3 is 1. The lowest BCUT2D eigenvalue weighted by atomic mass is 9.97. The summed E-state index contributed by atoms with van der Waals surface area (Å²) >= 11 is 0. The van der Waals surface area contributed by atoms with Gasteiger partial charge in [-0.15, -0.1) is 0 Å². The lowest BCUT2D eigenvalue weighted by Gasteiger charge is -2.31. The summed E-state index contributed by atoms with van der Waals surface area (Å²) in [6, 6.07) is 19.2. The van der Waals surface area contributed by atoms with Gasteiger partial charge in [-0.3, -0.25) is 9.69 Å². The number of anilines is 1. The maximum absolute atomic E-state index is 14.0. The molecule has 3 aromatic carbocycles. The first-order valence-electron chi connectivity index (χ1n) is 12.1. The third-order valence-electron chi connectivity index (χ3n) is 6.66. The lowest BCUT2D eigenvalue weighted by molar-refractivity contribution is -0.121. The Balaban J connectivity index is 1.32. The number of amides is 1. The summed E-state index contributed by atoms with van der Waals surface area (Å²) in [4.78, 5) is 20.0. The van der Waals surface area contributed by atoms with Crippen LogP contribution in [0, 0.1) is 17.6 Å². The second-order valence-electron chi connectivity index (χ2n) is 9.14. The number of halogens is 2. The number of likely N-dealkylation sites (tertiary alicyclic amines) is 1. The van der Waals surface area contributed by atoms with Crippen LogP contribution in [0.5, 0.6) is 5.75 Å². The molecule has 1 fully saturated rings. The molecule has 8 heteroatoms. The third kappa shape index (κ3) is 5.23. The fourth-order valence-corrected chi connectivity index (χ4v) is 4.77. The molecule has 1 amide bonds. The van der Waals surface area contributed by atoms with Crippen LogP contribution in [0.1, 0.15) is 24.2 Å². The van der Waals surface area contributed by atoms with Gasteiger partial charge < -0.3 is 14.6 Å². The number of fused-ring (bicyclic) bond motifs is 1. The van der Waals surface area contributed by atoms with Crippen molar-refractivity contribution in [1.29, 1.82) is 0 Å². The predicted molar refractivity (Wildman–Crippen MR) is 135 cm³/mol. The number of carbonyl (C=O) groups is 1. The molecule has 0 bridgehead atoms. The molecule has 1 atom stereocenters. The van der Waals surface area contributed by atoms with Crippen molar-refractivity contribution in [3.05, 3.63) is 89.8 Å². The van der Waals surface area contributed by atoms with Gasteiger partial charge >= 0.3 is 0 Å². The number of rotatable bonds is 7. The smallest absolute Gasteiger partial charge is 0.228 e. The molecular weight excluding hydrogens is 462 g/mol. The van der Waals surface area contributed by atoms with Crippen LogP contribution in [0.2, 0.25) is 0 Å². The summed E-state index contributed by atoms with van der Waals surface area (Å²) in [5.74, 6) is -0.250. The van der Waals surface area contributed by atoms with Gasteiger partial charge in [0.25, 0.3) is 0 Å². The number of nitrogens with one attached hydrogen (secondary N) is 1. The molecule has 2 heterocycles. The maximum Gasteiger partial charge on any atom is 0.228 e. The maximum atomic E-state index is 14.0. The van der Waals surface area contributed by atoms with Gasteiger partial charge in [-0.25, -0.2) is 13.8 Å². The van der Waals surface area contributed by atoms with Gasteiger partial charge in [0.15, 0.2) is 0 Å². The third-order valence-corrected chi connectivity index (χ3v) is 6.66. The highest BCUT2D eigenvalue weighted by molar-refractivity contribution is 5.92. The number of hydrogen-bond donors (Lipinski definition) is 1. The molecule has 1 aliphatic rings. The van der Waals surface area contributed by atoms with Gasteiger partial charge in [-0.2, -0.15) is 0 Å². The Morgan fingerprint density at radius 2 is 1.89 bits per heavy atom. The van der Waals surface area contributed by atoms with E-state index in [1.54, 1.807) is 7.11 Å². The molecule has 6 nitrogen and oxygen atoms in total. The second kappa shape index (κ2) is 10.5. The van der Waals surface area contributed by atoms with Gasteiger partial charge in [0.2, 0.25) is 5.91 Å². The van der Waals surface area contributed by atoms with Crippen LogP contribution in [0.15, 0.2) is 66.7 Å². The molecule has 0 radical (unpaired) electrons. The Labute approximate surface area is 208 Å². The molecule has 1 N–H and O–H groups in total. The Morgan fingerprint density at radius 3 is 2.67 bits per heavy atom. The monoisotopic (exact) mass is 490 g/mol. The number of nitrogens with zero attached hydrogens (tertiary/aromatic N) is 3. The highest BCUT2D eigenvalue weighted by Crippen LogP contribution is 2.24. The first-order chi connectivity index (χ1) is 17.5. The van der Waals surface area contributed by atoms with Crippen molar-refractivity contribution in [1.82, 2.24) is 14.5 Å². The normalized spacial score (nSPS) is 16.2. The molecule has 36 heavy (non-hydrogen) atoms. The Kier molecular flexibility index (Phi) is 6.95. The number of carbonyl (C=O) groups excluding carboxylic acids is 1. The zero-order valence-electron chi connectivity index (χ0n) is 20.1. The van der Waals surface area contributed by atoms with Crippen LogP contribution in [-0.4, -0.2) is 40.6 Å². The summed E-state index contributed by atoms with van der Waals surface area (Å²) in [6.45, 7) is 2.65. The fraction of sp³-hybridized carbons (Fsp3) is 0.286. The Hall–Kier alpha value is -3.78. The molecule has 1 saturated heterocycles. The van der Waals surface area contributed by atoms with E-state index in [-0.39, 0.29) is 17.5 Å². The number of hydrogen-bond acceptors (Lipinski definition) is 4. The summed E-state index contributed by atoms with van der Waals surface area (Å²) in [5, 5.41) is 2.63.